The van der Waals surface area contributed by atoms with Gasteiger partial charge in [-0.2, -0.15) is 0 Å². The molecule has 1 amide bonds. The largest absolute Gasteiger partial charge is 0.492 e. The van der Waals surface area contributed by atoms with Gasteiger partial charge in [0.1, 0.15) is 5.75 Å². The van der Waals surface area contributed by atoms with Crippen molar-refractivity contribution in [3.8, 4) is 5.75 Å². The molecule has 0 fully saturated rings. The third-order valence-electron chi connectivity index (χ3n) is 3.27. The number of nitrogens with zero attached hydrogens (tertiary/aromatic N) is 1. The van der Waals surface area contributed by atoms with E-state index in [9.17, 15) is 4.79 Å². The lowest BCUT2D eigenvalue weighted by molar-refractivity contribution is 0.102. The molecule has 0 aliphatic rings. The molecule has 1 N–H and O–H groups in total. The van der Waals surface area contributed by atoms with Crippen LogP contribution in [-0.4, -0.2) is 17.5 Å². The highest BCUT2D eigenvalue weighted by Crippen LogP contribution is 2.29. The number of hydrogen-bond donors (Lipinski definition) is 1. The highest BCUT2D eigenvalue weighted by Gasteiger charge is 2.15. The lowest BCUT2D eigenvalue weighted by Crippen LogP contribution is -2.14. The smallest absolute Gasteiger partial charge is 0.261 e. The van der Waals surface area contributed by atoms with Crippen molar-refractivity contribution in [2.75, 3.05) is 11.9 Å². The summed E-state index contributed by atoms with van der Waals surface area (Å²) in [7, 11) is 0. The molecule has 1 aromatic heterocycles. The van der Waals surface area contributed by atoms with Crippen LogP contribution in [0.25, 0.3) is 10.2 Å². The molecule has 0 saturated carbocycles. The monoisotopic (exact) mass is 360 g/mol. The highest BCUT2D eigenvalue weighted by molar-refractivity contribution is 7.22. The maximum atomic E-state index is 12.6. The van der Waals surface area contributed by atoms with Crippen molar-refractivity contribution in [2.45, 2.75) is 13.8 Å². The number of rotatable bonds is 5. The van der Waals surface area contributed by atoms with Gasteiger partial charge in [-0.25, -0.2) is 4.98 Å². The number of carbonyl (C=O) groups excluding carboxylic acids is 1. The second kappa shape index (κ2) is 7.20. The van der Waals surface area contributed by atoms with Gasteiger partial charge in [0.25, 0.3) is 5.91 Å². The van der Waals surface area contributed by atoms with Gasteiger partial charge in [0, 0.05) is 5.02 Å². The van der Waals surface area contributed by atoms with E-state index in [0.29, 0.717) is 34.0 Å². The minimum Gasteiger partial charge on any atom is -0.492 e. The molecule has 4 nitrogen and oxygen atoms in total. The summed E-state index contributed by atoms with van der Waals surface area (Å²) in [5, 5.41) is 4.03. The summed E-state index contributed by atoms with van der Waals surface area (Å²) in [5.74, 6) is 0.725. The number of para-hydroxylation sites is 1. The summed E-state index contributed by atoms with van der Waals surface area (Å²) in [6, 6.07) is 12.7. The van der Waals surface area contributed by atoms with E-state index in [2.05, 4.69) is 24.1 Å². The predicted molar refractivity (Wildman–Crippen MR) is 99.4 cm³/mol. The van der Waals surface area contributed by atoms with Gasteiger partial charge < -0.3 is 4.74 Å². The molecule has 6 heteroatoms. The molecule has 0 spiro atoms. The molecule has 2 aromatic carbocycles. The van der Waals surface area contributed by atoms with Crippen molar-refractivity contribution in [1.82, 2.24) is 4.98 Å². The fourth-order valence-electron chi connectivity index (χ4n) is 2.15. The normalized spacial score (nSPS) is 11.0. The number of ether oxygens (including phenoxy) is 1. The van der Waals surface area contributed by atoms with Crippen molar-refractivity contribution >= 4 is 44.2 Å². The summed E-state index contributed by atoms with van der Waals surface area (Å²) in [6.45, 7) is 4.69. The van der Waals surface area contributed by atoms with Gasteiger partial charge in [0.05, 0.1) is 22.4 Å². The van der Waals surface area contributed by atoms with E-state index in [-0.39, 0.29) is 5.91 Å². The SMILES string of the molecule is CC(C)COc1ccccc1C(=O)Nc1nc2ccc(Cl)cc2s1. The third-order valence-corrected chi connectivity index (χ3v) is 4.44. The number of anilines is 1. The topological polar surface area (TPSA) is 51.2 Å². The first-order valence-corrected chi connectivity index (χ1v) is 8.81. The molecule has 0 atom stereocenters. The van der Waals surface area contributed by atoms with Crippen LogP contribution in [0, 0.1) is 5.92 Å². The summed E-state index contributed by atoms with van der Waals surface area (Å²) >= 11 is 7.38. The Kier molecular flexibility index (Phi) is 5.02. The third kappa shape index (κ3) is 3.86. The average molecular weight is 361 g/mol. The summed E-state index contributed by atoms with van der Waals surface area (Å²) in [4.78, 5) is 17.0. The maximum Gasteiger partial charge on any atom is 0.261 e. The first-order chi connectivity index (χ1) is 11.5. The van der Waals surface area contributed by atoms with E-state index in [4.69, 9.17) is 16.3 Å². The number of nitrogens with one attached hydrogen (secondary N) is 1. The molecule has 3 rings (SSSR count). The number of fused-ring (bicyclic) bond motifs is 1. The van der Waals surface area contributed by atoms with E-state index in [0.717, 1.165) is 10.2 Å². The van der Waals surface area contributed by atoms with Crippen molar-refractivity contribution in [2.24, 2.45) is 5.92 Å². The zero-order chi connectivity index (χ0) is 17.1. The Morgan fingerprint density at radius 2 is 2.08 bits per heavy atom. The van der Waals surface area contributed by atoms with Crippen LogP contribution in [0.15, 0.2) is 42.5 Å². The van der Waals surface area contributed by atoms with Gasteiger partial charge in [0.15, 0.2) is 5.13 Å². The van der Waals surface area contributed by atoms with Crippen LogP contribution >= 0.6 is 22.9 Å². The molecule has 0 unspecified atom stereocenters. The first-order valence-electron chi connectivity index (χ1n) is 7.62. The average Bonchev–Trinajstić information content (AvgIpc) is 2.94. The molecule has 3 aromatic rings. The number of benzene rings is 2. The molecule has 124 valence electrons. The molecule has 0 aliphatic carbocycles. The molecule has 0 radical (unpaired) electrons. The Morgan fingerprint density at radius 1 is 1.29 bits per heavy atom. The molecule has 1 heterocycles. The van der Waals surface area contributed by atoms with Crippen LogP contribution in [0.4, 0.5) is 5.13 Å². The van der Waals surface area contributed by atoms with Gasteiger partial charge in [-0.3, -0.25) is 10.1 Å². The summed E-state index contributed by atoms with van der Waals surface area (Å²) < 4.78 is 6.67. The van der Waals surface area contributed by atoms with Crippen LogP contribution in [0.2, 0.25) is 5.02 Å². The molecule has 0 bridgehead atoms. The lowest BCUT2D eigenvalue weighted by atomic mass is 10.2. The zero-order valence-electron chi connectivity index (χ0n) is 13.4. The number of thiazole rings is 1. The number of carbonyl (C=O) groups is 1. The lowest BCUT2D eigenvalue weighted by Gasteiger charge is -2.12. The number of amides is 1. The highest BCUT2D eigenvalue weighted by atomic mass is 35.5. The second-order valence-electron chi connectivity index (χ2n) is 5.79. The minimum absolute atomic E-state index is 0.237. The molecular weight excluding hydrogens is 344 g/mol. The van der Waals surface area contributed by atoms with Gasteiger partial charge >= 0.3 is 0 Å². The Labute approximate surface area is 149 Å². The Morgan fingerprint density at radius 3 is 2.88 bits per heavy atom. The van der Waals surface area contributed by atoms with Crippen molar-refractivity contribution in [1.29, 1.82) is 0 Å². The predicted octanol–water partition coefficient (Wildman–Crippen LogP) is 5.24. The zero-order valence-corrected chi connectivity index (χ0v) is 14.9. The Bertz CT molecular complexity index is 876. The van der Waals surface area contributed by atoms with E-state index < -0.39 is 0 Å². The fraction of sp³-hybridized carbons (Fsp3) is 0.222. The quantitative estimate of drug-likeness (QED) is 0.677. The van der Waals surface area contributed by atoms with Crippen LogP contribution in [0.3, 0.4) is 0 Å². The van der Waals surface area contributed by atoms with Gasteiger partial charge in [-0.1, -0.05) is 48.9 Å². The minimum atomic E-state index is -0.237. The van der Waals surface area contributed by atoms with Gasteiger partial charge in [-0.15, -0.1) is 0 Å². The van der Waals surface area contributed by atoms with Crippen molar-refractivity contribution in [3.05, 3.63) is 53.1 Å². The van der Waals surface area contributed by atoms with Crippen molar-refractivity contribution in [3.63, 3.8) is 0 Å². The Balaban J connectivity index is 1.81. The standard InChI is InChI=1S/C18H17ClN2O2S/c1-11(2)10-23-15-6-4-3-5-13(15)17(22)21-18-20-14-8-7-12(19)9-16(14)24-18/h3-9,11H,10H2,1-2H3,(H,20,21,22). The molecular formula is C18H17ClN2O2S. The fourth-order valence-corrected chi connectivity index (χ4v) is 3.29. The van der Waals surface area contributed by atoms with Gasteiger partial charge in [0.2, 0.25) is 0 Å². The van der Waals surface area contributed by atoms with Crippen LogP contribution in [0.1, 0.15) is 24.2 Å². The van der Waals surface area contributed by atoms with Crippen molar-refractivity contribution < 1.29 is 9.53 Å². The summed E-state index contributed by atoms with van der Waals surface area (Å²) in [5.41, 5.74) is 1.31. The van der Waals surface area contributed by atoms with E-state index >= 15 is 0 Å². The van der Waals surface area contributed by atoms with Crippen LogP contribution in [0.5, 0.6) is 5.75 Å². The van der Waals surface area contributed by atoms with E-state index in [1.807, 2.05) is 24.3 Å². The summed E-state index contributed by atoms with van der Waals surface area (Å²) in [6.07, 6.45) is 0. The molecule has 24 heavy (non-hydrogen) atoms. The first kappa shape index (κ1) is 16.7. The maximum absolute atomic E-state index is 12.6. The second-order valence-corrected chi connectivity index (χ2v) is 7.25. The molecule has 0 aliphatic heterocycles. The van der Waals surface area contributed by atoms with Gasteiger partial charge in [-0.05, 0) is 36.2 Å². The van der Waals surface area contributed by atoms with Crippen LogP contribution in [-0.2, 0) is 0 Å². The van der Waals surface area contributed by atoms with E-state index in [1.165, 1.54) is 11.3 Å². The number of aromatic nitrogens is 1. The Hall–Kier alpha value is -2.11. The number of halogens is 1. The molecule has 0 saturated heterocycles. The van der Waals surface area contributed by atoms with Crippen LogP contribution < -0.4 is 10.1 Å². The van der Waals surface area contributed by atoms with E-state index in [1.54, 1.807) is 18.2 Å². The number of hydrogen-bond acceptors (Lipinski definition) is 4.